The molecule has 3 heteroatoms. The average molecular weight is 237 g/mol. The van der Waals surface area contributed by atoms with Gasteiger partial charge in [0.1, 0.15) is 0 Å². The second kappa shape index (κ2) is 5.89. The third-order valence-electron chi connectivity index (χ3n) is 2.42. The van der Waals surface area contributed by atoms with Gasteiger partial charge < -0.3 is 9.32 Å². The van der Waals surface area contributed by atoms with Gasteiger partial charge in [-0.2, -0.15) is 0 Å². The topological polar surface area (TPSA) is 33.5 Å². The number of carbonyl (C=O) groups excluding carboxylic acids is 1. The van der Waals surface area contributed by atoms with Crippen molar-refractivity contribution in [2.45, 2.75) is 34.6 Å². The van der Waals surface area contributed by atoms with Crippen LogP contribution >= 0.6 is 0 Å². The van der Waals surface area contributed by atoms with E-state index in [2.05, 4.69) is 32.6 Å². The molecule has 1 heterocycles. The summed E-state index contributed by atoms with van der Waals surface area (Å²) in [6.07, 6.45) is 0. The molecule has 0 aliphatic carbocycles. The van der Waals surface area contributed by atoms with E-state index in [-0.39, 0.29) is 5.78 Å². The SMILES string of the molecule is CC(=O)c1ccc(N(CC(C)C)CC(C)C)o1. The monoisotopic (exact) mass is 237 g/mol. The molecule has 0 unspecified atom stereocenters. The summed E-state index contributed by atoms with van der Waals surface area (Å²) in [5.41, 5.74) is 0. The van der Waals surface area contributed by atoms with Crippen LogP contribution < -0.4 is 4.90 Å². The van der Waals surface area contributed by atoms with Crippen LogP contribution in [0.1, 0.15) is 45.2 Å². The number of furan rings is 1. The summed E-state index contributed by atoms with van der Waals surface area (Å²) in [7, 11) is 0. The molecule has 0 bridgehead atoms. The Hall–Kier alpha value is -1.25. The molecule has 0 saturated heterocycles. The van der Waals surface area contributed by atoms with Gasteiger partial charge >= 0.3 is 0 Å². The van der Waals surface area contributed by atoms with E-state index in [9.17, 15) is 4.79 Å². The van der Waals surface area contributed by atoms with Gasteiger partial charge in [0.05, 0.1) is 0 Å². The van der Waals surface area contributed by atoms with E-state index in [0.29, 0.717) is 17.6 Å². The number of rotatable bonds is 6. The molecule has 96 valence electrons. The first-order chi connectivity index (χ1) is 7.90. The van der Waals surface area contributed by atoms with Crippen molar-refractivity contribution in [1.82, 2.24) is 0 Å². The summed E-state index contributed by atoms with van der Waals surface area (Å²) < 4.78 is 5.59. The van der Waals surface area contributed by atoms with Crippen LogP contribution in [0.25, 0.3) is 0 Å². The molecule has 0 atom stereocenters. The van der Waals surface area contributed by atoms with Crippen molar-refractivity contribution in [3.8, 4) is 0 Å². The molecule has 0 radical (unpaired) electrons. The summed E-state index contributed by atoms with van der Waals surface area (Å²) in [6, 6.07) is 3.65. The van der Waals surface area contributed by atoms with Crippen LogP contribution in [0, 0.1) is 11.8 Å². The maximum atomic E-state index is 11.2. The molecular weight excluding hydrogens is 214 g/mol. The number of anilines is 1. The summed E-state index contributed by atoms with van der Waals surface area (Å²) in [6.45, 7) is 12.2. The number of hydrogen-bond acceptors (Lipinski definition) is 3. The third-order valence-corrected chi connectivity index (χ3v) is 2.42. The molecule has 1 rings (SSSR count). The van der Waals surface area contributed by atoms with Gasteiger partial charge in [0.25, 0.3) is 0 Å². The van der Waals surface area contributed by atoms with Crippen LogP contribution in [0.2, 0.25) is 0 Å². The van der Waals surface area contributed by atoms with E-state index in [4.69, 9.17) is 4.42 Å². The molecule has 1 aromatic rings. The number of carbonyl (C=O) groups is 1. The normalized spacial score (nSPS) is 11.2. The Morgan fingerprint density at radius 2 is 1.71 bits per heavy atom. The maximum absolute atomic E-state index is 11.2. The van der Waals surface area contributed by atoms with Crippen LogP contribution in [0.4, 0.5) is 5.88 Å². The molecule has 0 spiro atoms. The minimum atomic E-state index is -0.0229. The number of ketones is 1. The zero-order valence-corrected chi connectivity index (χ0v) is 11.5. The van der Waals surface area contributed by atoms with Crippen LogP contribution in [0.15, 0.2) is 16.5 Å². The van der Waals surface area contributed by atoms with Crippen molar-refractivity contribution in [3.63, 3.8) is 0 Å². The Bertz CT molecular complexity index is 356. The van der Waals surface area contributed by atoms with E-state index in [1.807, 2.05) is 6.07 Å². The largest absolute Gasteiger partial charge is 0.437 e. The predicted octanol–water partition coefficient (Wildman–Crippen LogP) is 3.60. The molecule has 0 saturated carbocycles. The Kier molecular flexibility index (Phi) is 4.79. The summed E-state index contributed by atoms with van der Waals surface area (Å²) in [4.78, 5) is 13.4. The molecule has 0 aliphatic rings. The highest BCUT2D eigenvalue weighted by atomic mass is 16.4. The van der Waals surface area contributed by atoms with Gasteiger partial charge in [-0.1, -0.05) is 27.7 Å². The molecular formula is C14H23NO2. The van der Waals surface area contributed by atoms with Crippen molar-refractivity contribution in [3.05, 3.63) is 17.9 Å². The smallest absolute Gasteiger partial charge is 0.196 e. The van der Waals surface area contributed by atoms with E-state index in [1.165, 1.54) is 6.92 Å². The van der Waals surface area contributed by atoms with Crippen LogP contribution in [-0.2, 0) is 0 Å². The highest BCUT2D eigenvalue weighted by molar-refractivity contribution is 5.91. The van der Waals surface area contributed by atoms with Crippen molar-refractivity contribution < 1.29 is 9.21 Å². The molecule has 0 N–H and O–H groups in total. The minimum absolute atomic E-state index is 0.0229. The Morgan fingerprint density at radius 3 is 2.06 bits per heavy atom. The first kappa shape index (κ1) is 13.8. The quantitative estimate of drug-likeness (QED) is 0.709. The maximum Gasteiger partial charge on any atom is 0.196 e. The van der Waals surface area contributed by atoms with Crippen LogP contribution in [0.3, 0.4) is 0 Å². The molecule has 0 fully saturated rings. The molecule has 3 nitrogen and oxygen atoms in total. The van der Waals surface area contributed by atoms with Gasteiger partial charge in [-0.25, -0.2) is 0 Å². The van der Waals surface area contributed by atoms with Gasteiger partial charge in [0.2, 0.25) is 0 Å². The number of nitrogens with zero attached hydrogens (tertiary/aromatic N) is 1. The fourth-order valence-corrected chi connectivity index (χ4v) is 1.82. The average Bonchev–Trinajstić information content (AvgIpc) is 2.63. The molecule has 1 aromatic heterocycles. The number of Topliss-reactive ketones (excluding diaryl/α,β-unsaturated/α-hetero) is 1. The summed E-state index contributed by atoms with van der Waals surface area (Å²) in [5.74, 6) is 2.36. The minimum Gasteiger partial charge on any atom is -0.437 e. The Morgan fingerprint density at radius 1 is 1.18 bits per heavy atom. The van der Waals surface area contributed by atoms with Crippen molar-refractivity contribution in [2.75, 3.05) is 18.0 Å². The van der Waals surface area contributed by atoms with Gasteiger partial charge in [-0.05, 0) is 17.9 Å². The summed E-state index contributed by atoms with van der Waals surface area (Å²) in [5, 5.41) is 0. The Balaban J connectivity index is 2.83. The second-order valence-corrected chi connectivity index (χ2v) is 5.39. The third kappa shape index (κ3) is 4.25. The fourth-order valence-electron chi connectivity index (χ4n) is 1.82. The van der Waals surface area contributed by atoms with Crippen molar-refractivity contribution in [1.29, 1.82) is 0 Å². The van der Waals surface area contributed by atoms with Crippen molar-refractivity contribution >= 4 is 11.7 Å². The van der Waals surface area contributed by atoms with Crippen LogP contribution in [0.5, 0.6) is 0 Å². The predicted molar refractivity (Wildman–Crippen MR) is 70.6 cm³/mol. The molecule has 0 aliphatic heterocycles. The van der Waals surface area contributed by atoms with Gasteiger partial charge in [0, 0.05) is 26.1 Å². The molecule has 0 aromatic carbocycles. The van der Waals surface area contributed by atoms with Gasteiger partial charge in [-0.15, -0.1) is 0 Å². The zero-order chi connectivity index (χ0) is 13.0. The van der Waals surface area contributed by atoms with E-state index in [1.54, 1.807) is 6.07 Å². The number of hydrogen-bond donors (Lipinski definition) is 0. The second-order valence-electron chi connectivity index (χ2n) is 5.39. The summed E-state index contributed by atoms with van der Waals surface area (Å²) >= 11 is 0. The first-order valence-corrected chi connectivity index (χ1v) is 6.26. The van der Waals surface area contributed by atoms with E-state index >= 15 is 0 Å². The standard InChI is InChI=1S/C14H23NO2/c1-10(2)8-15(9-11(3)4)14-7-6-13(17-14)12(5)16/h6-7,10-11H,8-9H2,1-5H3. The van der Waals surface area contributed by atoms with Crippen LogP contribution in [-0.4, -0.2) is 18.9 Å². The van der Waals surface area contributed by atoms with Crippen molar-refractivity contribution in [2.24, 2.45) is 11.8 Å². The van der Waals surface area contributed by atoms with Gasteiger partial charge in [-0.3, -0.25) is 4.79 Å². The lowest BCUT2D eigenvalue weighted by Crippen LogP contribution is -2.30. The lowest BCUT2D eigenvalue weighted by molar-refractivity contribution is 0.0987. The lowest BCUT2D eigenvalue weighted by Gasteiger charge is -2.25. The van der Waals surface area contributed by atoms with E-state index in [0.717, 1.165) is 19.0 Å². The molecule has 17 heavy (non-hydrogen) atoms. The lowest BCUT2D eigenvalue weighted by atomic mass is 10.1. The fraction of sp³-hybridized carbons (Fsp3) is 0.643. The first-order valence-electron chi connectivity index (χ1n) is 6.26. The van der Waals surface area contributed by atoms with Gasteiger partial charge in [0.15, 0.2) is 17.4 Å². The highest BCUT2D eigenvalue weighted by Crippen LogP contribution is 2.21. The zero-order valence-electron chi connectivity index (χ0n) is 11.5. The molecule has 0 amide bonds. The highest BCUT2D eigenvalue weighted by Gasteiger charge is 2.15. The Labute approximate surface area is 104 Å². The van der Waals surface area contributed by atoms with E-state index < -0.39 is 0 Å².